The van der Waals surface area contributed by atoms with Gasteiger partial charge in [0.2, 0.25) is 0 Å². The maximum atomic E-state index is 4.30. The fraction of sp³-hybridized carbons (Fsp3) is 0.857. The third kappa shape index (κ3) is 4.09. The Morgan fingerprint density at radius 3 is 3.00 bits per heavy atom. The van der Waals surface area contributed by atoms with Crippen LogP contribution < -0.4 is 5.32 Å². The zero-order valence-electron chi connectivity index (χ0n) is 11.6. The second-order valence-corrected chi connectivity index (χ2v) is 5.37. The normalized spacial score (nSPS) is 16.5. The van der Waals surface area contributed by atoms with Gasteiger partial charge in [0.1, 0.15) is 12.2 Å². The van der Waals surface area contributed by atoms with Crippen LogP contribution in [0.5, 0.6) is 0 Å². The summed E-state index contributed by atoms with van der Waals surface area (Å²) in [6.45, 7) is 5.10. The number of nitrogens with one attached hydrogen (secondary N) is 1. The van der Waals surface area contributed by atoms with Crippen molar-refractivity contribution < 1.29 is 0 Å². The molecule has 2 rings (SSSR count). The van der Waals surface area contributed by atoms with E-state index in [1.165, 1.54) is 38.5 Å². The van der Waals surface area contributed by atoms with Crippen molar-refractivity contribution in [1.82, 2.24) is 20.1 Å². The summed E-state index contributed by atoms with van der Waals surface area (Å²) in [6, 6.07) is 0. The molecule has 1 heterocycles. The number of hydrogen-bond acceptors (Lipinski definition) is 3. The fourth-order valence-electron chi connectivity index (χ4n) is 2.84. The molecule has 0 amide bonds. The van der Waals surface area contributed by atoms with Crippen molar-refractivity contribution in [3.05, 3.63) is 12.2 Å². The Kier molecular flexibility index (Phi) is 5.65. The lowest BCUT2D eigenvalue weighted by Gasteiger charge is -2.09. The average molecular weight is 250 g/mol. The quantitative estimate of drug-likeness (QED) is 0.721. The molecule has 18 heavy (non-hydrogen) atoms. The maximum absolute atomic E-state index is 4.30. The molecule has 0 spiro atoms. The molecular formula is C14H26N4. The second kappa shape index (κ2) is 7.52. The van der Waals surface area contributed by atoms with E-state index in [0.717, 1.165) is 37.8 Å². The largest absolute Gasteiger partial charge is 0.310 e. The van der Waals surface area contributed by atoms with Crippen molar-refractivity contribution in [1.29, 1.82) is 0 Å². The molecule has 1 aromatic heterocycles. The van der Waals surface area contributed by atoms with Gasteiger partial charge in [-0.05, 0) is 31.7 Å². The molecule has 0 aromatic carbocycles. The lowest BCUT2D eigenvalue weighted by molar-refractivity contribution is 0.464. The zero-order valence-corrected chi connectivity index (χ0v) is 11.6. The minimum atomic E-state index is 0.852. The van der Waals surface area contributed by atoms with Crippen molar-refractivity contribution in [2.45, 2.75) is 65.0 Å². The molecule has 0 unspecified atom stereocenters. The molecule has 4 nitrogen and oxygen atoms in total. The highest BCUT2D eigenvalue weighted by Crippen LogP contribution is 2.28. The third-order valence-corrected chi connectivity index (χ3v) is 3.85. The van der Waals surface area contributed by atoms with Crippen LogP contribution in [0.4, 0.5) is 0 Å². The van der Waals surface area contributed by atoms with Crippen LogP contribution in [0.2, 0.25) is 0 Å². The van der Waals surface area contributed by atoms with Gasteiger partial charge < -0.3 is 5.32 Å². The number of aryl methyl sites for hydroxylation is 1. The minimum Gasteiger partial charge on any atom is -0.310 e. The highest BCUT2D eigenvalue weighted by molar-refractivity contribution is 4.83. The van der Waals surface area contributed by atoms with Crippen LogP contribution in [0.15, 0.2) is 6.33 Å². The standard InChI is InChI=1S/C14H26N4/c1-2-10-18-14(16-12-17-18)11-15-9-5-8-13-6-3-4-7-13/h12-13,15H,2-11H2,1H3. The molecule has 1 aliphatic carbocycles. The summed E-state index contributed by atoms with van der Waals surface area (Å²) in [4.78, 5) is 4.30. The summed E-state index contributed by atoms with van der Waals surface area (Å²) < 4.78 is 2.00. The van der Waals surface area contributed by atoms with Crippen LogP contribution in [0.1, 0.15) is 57.7 Å². The highest BCUT2D eigenvalue weighted by Gasteiger charge is 2.13. The first kappa shape index (κ1) is 13.5. The molecule has 4 heteroatoms. The van der Waals surface area contributed by atoms with Gasteiger partial charge >= 0.3 is 0 Å². The number of nitrogens with zero attached hydrogens (tertiary/aromatic N) is 3. The fourth-order valence-corrected chi connectivity index (χ4v) is 2.84. The predicted octanol–water partition coefficient (Wildman–Crippen LogP) is 2.75. The Bertz CT molecular complexity index is 328. The molecule has 0 radical (unpaired) electrons. The van der Waals surface area contributed by atoms with E-state index >= 15 is 0 Å². The molecule has 102 valence electrons. The SMILES string of the molecule is CCCn1ncnc1CNCCCC1CCCC1. The van der Waals surface area contributed by atoms with Crippen LogP contribution >= 0.6 is 0 Å². The lowest BCUT2D eigenvalue weighted by Crippen LogP contribution is -2.19. The summed E-state index contributed by atoms with van der Waals surface area (Å²) in [6.07, 6.45) is 11.3. The van der Waals surface area contributed by atoms with Crippen LogP contribution in [0.3, 0.4) is 0 Å². The smallest absolute Gasteiger partial charge is 0.140 e. The first-order chi connectivity index (χ1) is 8.90. The number of aromatic nitrogens is 3. The predicted molar refractivity (Wildman–Crippen MR) is 73.2 cm³/mol. The summed E-state index contributed by atoms with van der Waals surface area (Å²) in [5.41, 5.74) is 0. The van der Waals surface area contributed by atoms with Crippen molar-refractivity contribution >= 4 is 0 Å². The van der Waals surface area contributed by atoms with E-state index in [4.69, 9.17) is 0 Å². The Labute approximate surface area is 110 Å². The van der Waals surface area contributed by atoms with Crippen molar-refractivity contribution in [3.8, 4) is 0 Å². The van der Waals surface area contributed by atoms with Crippen molar-refractivity contribution in [2.75, 3.05) is 6.54 Å². The Morgan fingerprint density at radius 1 is 1.39 bits per heavy atom. The van der Waals surface area contributed by atoms with E-state index in [2.05, 4.69) is 22.3 Å². The Hall–Kier alpha value is -0.900. The summed E-state index contributed by atoms with van der Waals surface area (Å²) in [5.74, 6) is 2.08. The van der Waals surface area contributed by atoms with E-state index in [9.17, 15) is 0 Å². The van der Waals surface area contributed by atoms with Gasteiger partial charge in [-0.15, -0.1) is 0 Å². The molecule has 0 aliphatic heterocycles. The van der Waals surface area contributed by atoms with Gasteiger partial charge in [-0.2, -0.15) is 5.10 Å². The molecule has 1 aliphatic rings. The van der Waals surface area contributed by atoms with E-state index in [1.807, 2.05) is 4.68 Å². The minimum absolute atomic E-state index is 0.852. The van der Waals surface area contributed by atoms with Gasteiger partial charge in [0, 0.05) is 6.54 Å². The van der Waals surface area contributed by atoms with E-state index < -0.39 is 0 Å². The summed E-state index contributed by atoms with van der Waals surface area (Å²) >= 11 is 0. The van der Waals surface area contributed by atoms with Gasteiger partial charge in [-0.1, -0.05) is 32.6 Å². The van der Waals surface area contributed by atoms with Crippen LogP contribution in [0, 0.1) is 5.92 Å². The maximum Gasteiger partial charge on any atom is 0.140 e. The molecule has 1 N–H and O–H groups in total. The Balaban J connectivity index is 1.58. The highest BCUT2D eigenvalue weighted by atomic mass is 15.3. The van der Waals surface area contributed by atoms with Gasteiger partial charge in [-0.3, -0.25) is 0 Å². The molecule has 0 bridgehead atoms. The topological polar surface area (TPSA) is 42.7 Å². The van der Waals surface area contributed by atoms with E-state index in [0.29, 0.717) is 0 Å². The second-order valence-electron chi connectivity index (χ2n) is 5.37. The molecule has 1 fully saturated rings. The number of rotatable bonds is 8. The monoisotopic (exact) mass is 250 g/mol. The molecule has 0 saturated heterocycles. The first-order valence-electron chi connectivity index (χ1n) is 7.47. The third-order valence-electron chi connectivity index (χ3n) is 3.85. The van der Waals surface area contributed by atoms with Crippen LogP contribution in [0.25, 0.3) is 0 Å². The van der Waals surface area contributed by atoms with Gasteiger partial charge in [0.05, 0.1) is 6.54 Å². The number of hydrogen-bond donors (Lipinski definition) is 1. The van der Waals surface area contributed by atoms with Crippen molar-refractivity contribution in [2.24, 2.45) is 5.92 Å². The van der Waals surface area contributed by atoms with E-state index in [-0.39, 0.29) is 0 Å². The molecule has 1 aromatic rings. The van der Waals surface area contributed by atoms with Gasteiger partial charge in [0.15, 0.2) is 0 Å². The summed E-state index contributed by atoms with van der Waals surface area (Å²) in [7, 11) is 0. The first-order valence-corrected chi connectivity index (χ1v) is 7.47. The molecular weight excluding hydrogens is 224 g/mol. The molecule has 0 atom stereocenters. The summed E-state index contributed by atoms with van der Waals surface area (Å²) in [5, 5.41) is 7.72. The zero-order chi connectivity index (χ0) is 12.6. The van der Waals surface area contributed by atoms with E-state index in [1.54, 1.807) is 6.33 Å². The average Bonchev–Trinajstić information content (AvgIpc) is 3.01. The van der Waals surface area contributed by atoms with Crippen LogP contribution in [-0.2, 0) is 13.1 Å². The Morgan fingerprint density at radius 2 is 2.22 bits per heavy atom. The molecule has 1 saturated carbocycles. The lowest BCUT2D eigenvalue weighted by atomic mass is 10.0. The van der Waals surface area contributed by atoms with Crippen LogP contribution in [-0.4, -0.2) is 21.3 Å². The van der Waals surface area contributed by atoms with Gasteiger partial charge in [0.25, 0.3) is 0 Å². The van der Waals surface area contributed by atoms with Gasteiger partial charge in [-0.25, -0.2) is 9.67 Å². The van der Waals surface area contributed by atoms with Crippen molar-refractivity contribution in [3.63, 3.8) is 0 Å².